The van der Waals surface area contributed by atoms with Crippen LogP contribution in [0.1, 0.15) is 28.8 Å². The Morgan fingerprint density at radius 2 is 1.62 bits per heavy atom. The van der Waals surface area contributed by atoms with Crippen molar-refractivity contribution in [2.75, 3.05) is 25.0 Å². The van der Waals surface area contributed by atoms with Crippen LogP contribution >= 0.6 is 0 Å². The van der Waals surface area contributed by atoms with Gasteiger partial charge in [0.2, 0.25) is 11.8 Å². The molecule has 12 heteroatoms. The molecule has 218 valence electrons. The molecule has 0 spiro atoms. The van der Waals surface area contributed by atoms with Crippen LogP contribution in [0.3, 0.4) is 0 Å². The number of rotatable bonds is 10. The van der Waals surface area contributed by atoms with E-state index in [1.807, 2.05) is 12.1 Å². The molecule has 0 radical (unpaired) electrons. The Morgan fingerprint density at radius 1 is 0.929 bits per heavy atom. The molecule has 1 atom stereocenters. The Hall–Kier alpha value is -5.26. The molecule has 1 aliphatic rings. The van der Waals surface area contributed by atoms with E-state index in [9.17, 15) is 28.8 Å². The number of carbonyl (C=O) groups is 5. The van der Waals surface area contributed by atoms with E-state index in [1.165, 1.54) is 28.1 Å². The van der Waals surface area contributed by atoms with Crippen LogP contribution in [0.15, 0.2) is 71.7 Å². The van der Waals surface area contributed by atoms with Crippen LogP contribution in [-0.4, -0.2) is 75.5 Å². The summed E-state index contributed by atoms with van der Waals surface area (Å²) < 4.78 is 1.04. The minimum Gasteiger partial charge on any atom is -0.480 e. The average molecular weight is 575 g/mol. The zero-order valence-electron chi connectivity index (χ0n) is 22.9. The Kier molecular flexibility index (Phi) is 9.15. The number of hydrogen-bond donors (Lipinski definition) is 3. The molecule has 42 heavy (non-hydrogen) atoms. The van der Waals surface area contributed by atoms with Crippen LogP contribution in [0, 0.1) is 0 Å². The first-order valence-electron chi connectivity index (χ1n) is 13.2. The molecule has 2 heterocycles. The first-order valence-corrected chi connectivity index (χ1v) is 13.2. The summed E-state index contributed by atoms with van der Waals surface area (Å²) in [5.74, 6) is -3.15. The maximum atomic E-state index is 13.0. The molecule has 0 bridgehead atoms. The predicted octanol–water partition coefficient (Wildman–Crippen LogP) is 1.61. The van der Waals surface area contributed by atoms with Crippen molar-refractivity contribution in [2.24, 2.45) is 0 Å². The monoisotopic (exact) mass is 574 g/mol. The van der Waals surface area contributed by atoms with Crippen molar-refractivity contribution in [2.45, 2.75) is 31.8 Å². The third-order valence-electron chi connectivity index (χ3n) is 6.93. The van der Waals surface area contributed by atoms with Crippen LogP contribution in [0.25, 0.3) is 11.1 Å². The van der Waals surface area contributed by atoms with Crippen molar-refractivity contribution < 1.29 is 34.2 Å². The van der Waals surface area contributed by atoms with Gasteiger partial charge in [0.15, 0.2) is 0 Å². The topological polar surface area (TPSA) is 166 Å². The number of pyridine rings is 1. The molecule has 1 aromatic heterocycles. The molecule has 0 saturated carbocycles. The van der Waals surface area contributed by atoms with Crippen molar-refractivity contribution in [3.8, 4) is 11.1 Å². The summed E-state index contributed by atoms with van der Waals surface area (Å²) in [7, 11) is 1.61. The van der Waals surface area contributed by atoms with Crippen molar-refractivity contribution in [1.82, 2.24) is 14.8 Å². The van der Waals surface area contributed by atoms with Gasteiger partial charge in [-0.15, -0.1) is 0 Å². The van der Waals surface area contributed by atoms with Gasteiger partial charge < -0.3 is 29.9 Å². The fraction of sp³-hybridized carbons (Fsp3) is 0.267. The van der Waals surface area contributed by atoms with Crippen molar-refractivity contribution in [3.63, 3.8) is 0 Å². The number of aromatic nitrogens is 1. The van der Waals surface area contributed by atoms with E-state index in [0.29, 0.717) is 23.2 Å². The minimum absolute atomic E-state index is 0.0487. The van der Waals surface area contributed by atoms with Crippen molar-refractivity contribution in [3.05, 3.63) is 88.3 Å². The highest BCUT2D eigenvalue weighted by Crippen LogP contribution is 2.26. The molecule has 3 amide bonds. The van der Waals surface area contributed by atoms with Crippen LogP contribution < -0.4 is 15.8 Å². The van der Waals surface area contributed by atoms with E-state index in [4.69, 9.17) is 10.2 Å². The molecule has 1 aliphatic heterocycles. The number of carboxylic acid groups (broad SMARTS) is 2. The van der Waals surface area contributed by atoms with Crippen LogP contribution in [0.4, 0.5) is 5.69 Å². The summed E-state index contributed by atoms with van der Waals surface area (Å²) in [5, 5.41) is 20.9. The lowest BCUT2D eigenvalue weighted by Gasteiger charge is -2.32. The number of benzene rings is 2. The van der Waals surface area contributed by atoms with Gasteiger partial charge in [-0.3, -0.25) is 28.8 Å². The number of anilines is 1. The van der Waals surface area contributed by atoms with Gasteiger partial charge in [0.25, 0.3) is 11.5 Å². The summed E-state index contributed by atoms with van der Waals surface area (Å²) in [5.41, 5.74) is 2.50. The van der Waals surface area contributed by atoms with Gasteiger partial charge in [0.05, 0.1) is 6.42 Å². The highest BCUT2D eigenvalue weighted by Gasteiger charge is 2.28. The number of aliphatic carboxylic acids is 2. The first-order chi connectivity index (χ1) is 20.0. The standard InChI is InChI=1S/C30H30N4O8/c1-32(27(37)12-19-8-10-25(35)33(15-19)17-28(38)39)24-7-3-5-21(14-24)20-4-2-6-22(13-20)30(42)31-23-9-11-26(36)34(16-23)18-29(40)41/h2-8,10,13-15,23H,9,11-12,16-18H2,1H3,(H,31,42)(H,38,39)(H,40,41). The number of likely N-dealkylation sites (tertiary alicyclic amines) is 1. The number of amides is 3. The quantitative estimate of drug-likeness (QED) is 0.328. The second kappa shape index (κ2) is 12.9. The molecule has 0 aliphatic carbocycles. The summed E-state index contributed by atoms with van der Waals surface area (Å²) in [4.78, 5) is 74.7. The molecule has 4 rings (SSSR count). The molecule has 1 unspecified atom stereocenters. The largest absolute Gasteiger partial charge is 0.480 e. The smallest absolute Gasteiger partial charge is 0.323 e. The van der Waals surface area contributed by atoms with Crippen LogP contribution in [-0.2, 0) is 32.1 Å². The van der Waals surface area contributed by atoms with Gasteiger partial charge in [-0.2, -0.15) is 0 Å². The number of piperidine rings is 1. The Labute approximate surface area is 240 Å². The lowest BCUT2D eigenvalue weighted by molar-refractivity contribution is -0.146. The maximum absolute atomic E-state index is 13.0. The second-order valence-corrected chi connectivity index (χ2v) is 10.0. The summed E-state index contributed by atoms with van der Waals surface area (Å²) in [6, 6.07) is 16.5. The van der Waals surface area contributed by atoms with Gasteiger partial charge >= 0.3 is 11.9 Å². The molecule has 2 aromatic carbocycles. The number of nitrogens with one attached hydrogen (secondary N) is 1. The van der Waals surface area contributed by atoms with E-state index in [1.54, 1.807) is 43.4 Å². The van der Waals surface area contributed by atoms with Gasteiger partial charge in [-0.25, -0.2) is 0 Å². The maximum Gasteiger partial charge on any atom is 0.323 e. The number of carbonyl (C=O) groups excluding carboxylic acids is 3. The molecule has 12 nitrogen and oxygen atoms in total. The van der Waals surface area contributed by atoms with E-state index >= 15 is 0 Å². The Balaban J connectivity index is 1.45. The minimum atomic E-state index is -1.16. The van der Waals surface area contributed by atoms with Gasteiger partial charge in [0.1, 0.15) is 13.1 Å². The lowest BCUT2D eigenvalue weighted by atomic mass is 10.0. The second-order valence-electron chi connectivity index (χ2n) is 10.0. The van der Waals surface area contributed by atoms with Crippen LogP contribution in [0.2, 0.25) is 0 Å². The van der Waals surface area contributed by atoms with E-state index < -0.39 is 30.6 Å². The van der Waals surface area contributed by atoms with Gasteiger partial charge in [0, 0.05) is 49.6 Å². The Morgan fingerprint density at radius 3 is 2.33 bits per heavy atom. The molecule has 3 aromatic rings. The van der Waals surface area contributed by atoms with Crippen LogP contribution in [0.5, 0.6) is 0 Å². The summed E-state index contributed by atoms with van der Waals surface area (Å²) in [6.07, 6.45) is 1.89. The fourth-order valence-corrected chi connectivity index (χ4v) is 4.74. The highest BCUT2D eigenvalue weighted by molar-refractivity contribution is 5.97. The average Bonchev–Trinajstić information content (AvgIpc) is 2.95. The third kappa shape index (κ3) is 7.47. The normalized spacial score (nSPS) is 14.7. The number of hydrogen-bond acceptors (Lipinski definition) is 6. The van der Waals surface area contributed by atoms with E-state index in [-0.39, 0.29) is 43.1 Å². The summed E-state index contributed by atoms with van der Waals surface area (Å²) >= 11 is 0. The highest BCUT2D eigenvalue weighted by atomic mass is 16.4. The zero-order chi connectivity index (χ0) is 30.4. The Bertz CT molecular complexity index is 1600. The molecule has 1 fully saturated rings. The molecule has 3 N–H and O–H groups in total. The number of carboxylic acids is 2. The van der Waals surface area contributed by atoms with Gasteiger partial charge in [-0.1, -0.05) is 30.3 Å². The van der Waals surface area contributed by atoms with Gasteiger partial charge in [-0.05, 0) is 47.4 Å². The predicted molar refractivity (Wildman–Crippen MR) is 152 cm³/mol. The number of likely N-dealkylation sites (N-methyl/N-ethyl adjacent to an activating group) is 1. The molecular weight excluding hydrogens is 544 g/mol. The fourth-order valence-electron chi connectivity index (χ4n) is 4.74. The van der Waals surface area contributed by atoms with Crippen molar-refractivity contribution in [1.29, 1.82) is 0 Å². The van der Waals surface area contributed by atoms with Crippen molar-refractivity contribution >= 4 is 35.3 Å². The third-order valence-corrected chi connectivity index (χ3v) is 6.93. The lowest BCUT2D eigenvalue weighted by Crippen LogP contribution is -2.51. The zero-order valence-corrected chi connectivity index (χ0v) is 22.9. The number of nitrogens with zero attached hydrogens (tertiary/aromatic N) is 3. The molecular formula is C30H30N4O8. The van der Waals surface area contributed by atoms with E-state index in [2.05, 4.69) is 5.32 Å². The molecule has 1 saturated heterocycles. The SMILES string of the molecule is CN(C(=O)Cc1ccc(=O)n(CC(=O)O)c1)c1cccc(-c2cccc(C(=O)NC3CCC(=O)N(CC(=O)O)C3)c2)c1. The summed E-state index contributed by atoms with van der Waals surface area (Å²) in [6.45, 7) is -0.788. The van der Waals surface area contributed by atoms with E-state index in [0.717, 1.165) is 15.7 Å². The first kappa shape index (κ1) is 29.7.